The zero-order chi connectivity index (χ0) is 18.3. The molecule has 0 aliphatic carbocycles. The van der Waals surface area contributed by atoms with Crippen LogP contribution in [0.5, 0.6) is 5.75 Å². The topological polar surface area (TPSA) is 90.8 Å². The molecule has 3 N–H and O–H groups in total. The predicted molar refractivity (Wildman–Crippen MR) is 99.5 cm³/mol. The first-order valence-electron chi connectivity index (χ1n) is 9.00. The van der Waals surface area contributed by atoms with Gasteiger partial charge in [0.15, 0.2) is 0 Å². The molecule has 1 aromatic carbocycles. The molecule has 0 aliphatic heterocycles. The predicted octanol–water partition coefficient (Wildman–Crippen LogP) is 3.10. The van der Waals surface area contributed by atoms with E-state index in [2.05, 4.69) is 22.8 Å². The zero-order valence-electron chi connectivity index (χ0n) is 15.0. The minimum Gasteiger partial charge on any atom is -0.507 e. The van der Waals surface area contributed by atoms with E-state index >= 15 is 0 Å². The van der Waals surface area contributed by atoms with Gasteiger partial charge in [-0.25, -0.2) is 5.43 Å². The highest BCUT2D eigenvalue weighted by Crippen LogP contribution is 2.12. The SMILES string of the molecule is CCCCCCCCCC(=O)NCC(=O)N/N=C\c1ccccc1O. The molecule has 0 radical (unpaired) electrons. The molecule has 0 fully saturated rings. The molecule has 25 heavy (non-hydrogen) atoms. The number of nitrogens with one attached hydrogen (secondary N) is 2. The van der Waals surface area contributed by atoms with Crippen LogP contribution >= 0.6 is 0 Å². The van der Waals surface area contributed by atoms with Gasteiger partial charge in [-0.15, -0.1) is 0 Å². The van der Waals surface area contributed by atoms with Crippen molar-refractivity contribution in [2.45, 2.75) is 58.3 Å². The Balaban J connectivity index is 2.09. The maximum atomic E-state index is 11.7. The van der Waals surface area contributed by atoms with E-state index in [-0.39, 0.29) is 18.2 Å². The average molecular weight is 347 g/mol. The summed E-state index contributed by atoms with van der Waals surface area (Å²) in [5, 5.41) is 15.9. The second kappa shape index (κ2) is 13.0. The number of hydrazone groups is 1. The number of phenols is 1. The molecule has 0 atom stereocenters. The third-order valence-corrected chi connectivity index (χ3v) is 3.78. The second-order valence-corrected chi connectivity index (χ2v) is 6.00. The van der Waals surface area contributed by atoms with E-state index in [9.17, 15) is 14.7 Å². The lowest BCUT2D eigenvalue weighted by Gasteiger charge is -2.04. The number of hydrogen-bond acceptors (Lipinski definition) is 4. The van der Waals surface area contributed by atoms with Crippen molar-refractivity contribution in [1.82, 2.24) is 10.7 Å². The van der Waals surface area contributed by atoms with E-state index in [1.54, 1.807) is 18.2 Å². The summed E-state index contributed by atoms with van der Waals surface area (Å²) in [5.74, 6) is -0.434. The minimum atomic E-state index is -0.403. The summed E-state index contributed by atoms with van der Waals surface area (Å²) >= 11 is 0. The van der Waals surface area contributed by atoms with Crippen molar-refractivity contribution in [1.29, 1.82) is 0 Å². The van der Waals surface area contributed by atoms with Crippen LogP contribution in [-0.4, -0.2) is 29.7 Å². The fourth-order valence-corrected chi connectivity index (χ4v) is 2.32. The number of phenolic OH excluding ortho intramolecular Hbond substituents is 1. The van der Waals surface area contributed by atoms with Gasteiger partial charge < -0.3 is 10.4 Å². The minimum absolute atomic E-state index is 0.0866. The lowest BCUT2D eigenvalue weighted by Crippen LogP contribution is -2.34. The Morgan fingerprint density at radius 1 is 1.04 bits per heavy atom. The molecule has 0 unspecified atom stereocenters. The molecular weight excluding hydrogens is 318 g/mol. The zero-order valence-corrected chi connectivity index (χ0v) is 15.0. The number of aromatic hydroxyl groups is 1. The molecule has 0 bridgehead atoms. The van der Waals surface area contributed by atoms with Crippen LogP contribution in [0.25, 0.3) is 0 Å². The van der Waals surface area contributed by atoms with Gasteiger partial charge >= 0.3 is 0 Å². The maximum absolute atomic E-state index is 11.7. The Morgan fingerprint density at radius 2 is 1.72 bits per heavy atom. The van der Waals surface area contributed by atoms with Crippen LogP contribution in [0.3, 0.4) is 0 Å². The second-order valence-electron chi connectivity index (χ2n) is 6.00. The van der Waals surface area contributed by atoms with Gasteiger partial charge in [-0.05, 0) is 18.6 Å². The number of hydrogen-bond donors (Lipinski definition) is 3. The van der Waals surface area contributed by atoms with Crippen LogP contribution in [0.15, 0.2) is 29.4 Å². The van der Waals surface area contributed by atoms with Gasteiger partial charge in [-0.3, -0.25) is 9.59 Å². The third-order valence-electron chi connectivity index (χ3n) is 3.78. The first-order chi connectivity index (χ1) is 12.1. The Kier molecular flexibility index (Phi) is 10.7. The standard InChI is InChI=1S/C19H29N3O3/c1-2-3-4-5-6-7-8-13-18(24)20-15-19(25)22-21-14-16-11-9-10-12-17(16)23/h9-12,14,23H,2-8,13,15H2,1H3,(H,20,24)(H,22,25)/b21-14-. The van der Waals surface area contributed by atoms with Crippen LogP contribution in [0.4, 0.5) is 0 Å². The van der Waals surface area contributed by atoms with Gasteiger partial charge in [-0.2, -0.15) is 5.10 Å². The van der Waals surface area contributed by atoms with Crippen molar-refractivity contribution in [3.63, 3.8) is 0 Å². The third kappa shape index (κ3) is 10.2. The Labute approximate surface area is 149 Å². The number of amides is 2. The summed E-state index contributed by atoms with van der Waals surface area (Å²) in [6.45, 7) is 2.09. The van der Waals surface area contributed by atoms with Crippen LogP contribution in [0.2, 0.25) is 0 Å². The monoisotopic (exact) mass is 347 g/mol. The Morgan fingerprint density at radius 3 is 2.44 bits per heavy atom. The molecule has 0 spiro atoms. The van der Waals surface area contributed by atoms with Gasteiger partial charge in [0.1, 0.15) is 5.75 Å². The average Bonchev–Trinajstić information content (AvgIpc) is 2.61. The summed E-state index contributed by atoms with van der Waals surface area (Å²) in [7, 11) is 0. The molecule has 0 heterocycles. The number of carbonyl (C=O) groups excluding carboxylic acids is 2. The van der Waals surface area contributed by atoms with Gasteiger partial charge in [0.25, 0.3) is 5.91 Å². The largest absolute Gasteiger partial charge is 0.507 e. The van der Waals surface area contributed by atoms with Crippen LogP contribution < -0.4 is 10.7 Å². The van der Waals surface area contributed by atoms with Crippen molar-refractivity contribution in [3.8, 4) is 5.75 Å². The molecule has 0 aliphatic rings. The first kappa shape index (κ1) is 20.7. The molecule has 1 aromatic rings. The molecule has 138 valence electrons. The van der Waals surface area contributed by atoms with Gasteiger partial charge in [0.05, 0.1) is 12.8 Å². The quantitative estimate of drug-likeness (QED) is 0.308. The summed E-state index contributed by atoms with van der Waals surface area (Å²) in [5.41, 5.74) is 2.82. The van der Waals surface area contributed by atoms with Gasteiger partial charge in [-0.1, -0.05) is 57.6 Å². The van der Waals surface area contributed by atoms with E-state index in [0.717, 1.165) is 19.3 Å². The normalized spacial score (nSPS) is 10.8. The summed E-state index contributed by atoms with van der Waals surface area (Å²) in [4.78, 5) is 23.3. The molecule has 0 aromatic heterocycles. The van der Waals surface area contributed by atoms with Crippen molar-refractivity contribution in [3.05, 3.63) is 29.8 Å². The summed E-state index contributed by atoms with van der Waals surface area (Å²) in [6, 6.07) is 6.67. The number of nitrogens with zero attached hydrogens (tertiary/aromatic N) is 1. The molecule has 6 nitrogen and oxygen atoms in total. The van der Waals surface area contributed by atoms with E-state index in [1.807, 2.05) is 0 Å². The number of rotatable bonds is 12. The fourth-order valence-electron chi connectivity index (χ4n) is 2.32. The Hall–Kier alpha value is -2.37. The van der Waals surface area contributed by atoms with E-state index in [1.165, 1.54) is 38.0 Å². The summed E-state index contributed by atoms with van der Waals surface area (Å²) in [6.07, 6.45) is 9.88. The highest BCUT2D eigenvalue weighted by molar-refractivity contribution is 5.87. The number of carbonyl (C=O) groups is 2. The molecular formula is C19H29N3O3. The Bertz CT molecular complexity index is 559. The maximum Gasteiger partial charge on any atom is 0.259 e. The van der Waals surface area contributed by atoms with Gasteiger partial charge in [0, 0.05) is 12.0 Å². The molecule has 0 saturated heterocycles. The lowest BCUT2D eigenvalue weighted by atomic mass is 10.1. The van der Waals surface area contributed by atoms with E-state index in [4.69, 9.17) is 0 Å². The van der Waals surface area contributed by atoms with Gasteiger partial charge in [0.2, 0.25) is 5.91 Å². The van der Waals surface area contributed by atoms with Crippen molar-refractivity contribution < 1.29 is 14.7 Å². The number of benzene rings is 1. The highest BCUT2D eigenvalue weighted by atomic mass is 16.3. The first-order valence-corrected chi connectivity index (χ1v) is 9.00. The van der Waals surface area contributed by atoms with Crippen molar-refractivity contribution >= 4 is 18.0 Å². The van der Waals surface area contributed by atoms with E-state index in [0.29, 0.717) is 12.0 Å². The van der Waals surface area contributed by atoms with Crippen molar-refractivity contribution in [2.75, 3.05) is 6.54 Å². The fraction of sp³-hybridized carbons (Fsp3) is 0.526. The smallest absolute Gasteiger partial charge is 0.259 e. The van der Waals surface area contributed by atoms with Crippen LogP contribution in [-0.2, 0) is 9.59 Å². The number of para-hydroxylation sites is 1. The molecule has 6 heteroatoms. The van der Waals surface area contributed by atoms with Crippen LogP contribution in [0.1, 0.15) is 63.9 Å². The van der Waals surface area contributed by atoms with E-state index < -0.39 is 5.91 Å². The molecule has 0 saturated carbocycles. The molecule has 1 rings (SSSR count). The highest BCUT2D eigenvalue weighted by Gasteiger charge is 2.04. The lowest BCUT2D eigenvalue weighted by molar-refractivity contribution is -0.126. The molecule has 2 amide bonds. The van der Waals surface area contributed by atoms with Crippen molar-refractivity contribution in [2.24, 2.45) is 5.10 Å². The summed E-state index contributed by atoms with van der Waals surface area (Å²) < 4.78 is 0. The number of unbranched alkanes of at least 4 members (excludes halogenated alkanes) is 6. The van der Waals surface area contributed by atoms with Crippen LogP contribution in [0, 0.1) is 0 Å².